The van der Waals surface area contributed by atoms with Gasteiger partial charge in [0.25, 0.3) is 0 Å². The van der Waals surface area contributed by atoms with E-state index in [0.29, 0.717) is 5.56 Å². The maximum atomic E-state index is 12.1. The maximum absolute atomic E-state index is 12.1. The molecule has 0 spiro atoms. The van der Waals surface area contributed by atoms with Gasteiger partial charge in [-0.3, -0.25) is 4.79 Å². The molecule has 8 heteroatoms. The number of carbonyl (C=O) groups is 3. The summed E-state index contributed by atoms with van der Waals surface area (Å²) in [5.74, 6) is -1.45. The molecule has 0 bridgehead atoms. The molecule has 0 saturated carbocycles. The summed E-state index contributed by atoms with van der Waals surface area (Å²) in [5, 5.41) is 2.88. The van der Waals surface area contributed by atoms with Gasteiger partial charge in [0.05, 0.1) is 18.8 Å². The van der Waals surface area contributed by atoms with Crippen LogP contribution in [-0.4, -0.2) is 37.6 Å². The van der Waals surface area contributed by atoms with Crippen molar-refractivity contribution in [2.45, 2.75) is 27.2 Å². The Morgan fingerprint density at radius 1 is 1.14 bits per heavy atom. The Morgan fingerprint density at radius 3 is 2.27 bits per heavy atom. The van der Waals surface area contributed by atoms with E-state index in [4.69, 9.17) is 15.2 Å². The largest absolute Gasteiger partial charge is 0.462 e. The number of ether oxygens (including phenoxy) is 2. The standard InChI is InChI=1S/C14H20N2O5S/c1-4-20-13(18)10-8(3)11(14(19)21-5-2)22-12(10)16-9(17)6-7-15/h4-7,15H2,1-3H3,(H,16,17). The van der Waals surface area contributed by atoms with E-state index in [0.717, 1.165) is 11.3 Å². The first-order chi connectivity index (χ1) is 10.5. The molecule has 3 N–H and O–H groups in total. The minimum atomic E-state index is -0.588. The van der Waals surface area contributed by atoms with Gasteiger partial charge in [-0.05, 0) is 26.3 Å². The van der Waals surface area contributed by atoms with E-state index >= 15 is 0 Å². The highest BCUT2D eigenvalue weighted by atomic mass is 32.1. The number of nitrogens with one attached hydrogen (secondary N) is 1. The summed E-state index contributed by atoms with van der Waals surface area (Å²) in [6.07, 6.45) is 0.119. The van der Waals surface area contributed by atoms with Crippen LogP contribution in [0, 0.1) is 6.92 Å². The Morgan fingerprint density at radius 2 is 1.73 bits per heavy atom. The molecular weight excluding hydrogens is 308 g/mol. The Bertz CT molecular complexity index is 568. The van der Waals surface area contributed by atoms with Crippen LogP contribution in [0.4, 0.5) is 5.00 Å². The zero-order valence-electron chi connectivity index (χ0n) is 12.9. The van der Waals surface area contributed by atoms with Crippen molar-refractivity contribution in [3.63, 3.8) is 0 Å². The molecule has 1 aromatic rings. The normalized spacial score (nSPS) is 10.2. The van der Waals surface area contributed by atoms with Crippen molar-refractivity contribution in [1.29, 1.82) is 0 Å². The van der Waals surface area contributed by atoms with Gasteiger partial charge in [-0.15, -0.1) is 11.3 Å². The van der Waals surface area contributed by atoms with E-state index in [1.54, 1.807) is 20.8 Å². The topological polar surface area (TPSA) is 108 Å². The van der Waals surface area contributed by atoms with Crippen LogP contribution < -0.4 is 11.1 Å². The van der Waals surface area contributed by atoms with E-state index in [1.807, 2.05) is 0 Å². The summed E-state index contributed by atoms with van der Waals surface area (Å²) >= 11 is 0.994. The van der Waals surface area contributed by atoms with Gasteiger partial charge in [0.15, 0.2) is 0 Å². The molecule has 0 aromatic carbocycles. The Hall–Kier alpha value is -1.93. The van der Waals surface area contributed by atoms with Crippen LogP contribution in [0.5, 0.6) is 0 Å². The summed E-state index contributed by atoms with van der Waals surface area (Å²) in [6, 6.07) is 0. The second-order valence-electron chi connectivity index (χ2n) is 4.29. The lowest BCUT2D eigenvalue weighted by molar-refractivity contribution is -0.116. The molecule has 0 unspecified atom stereocenters. The van der Waals surface area contributed by atoms with E-state index < -0.39 is 11.9 Å². The highest BCUT2D eigenvalue weighted by Crippen LogP contribution is 2.34. The summed E-state index contributed by atoms with van der Waals surface area (Å²) in [7, 11) is 0. The predicted octanol–water partition coefficient (Wildman–Crippen LogP) is 1.70. The van der Waals surface area contributed by atoms with Gasteiger partial charge in [-0.25, -0.2) is 9.59 Å². The fraction of sp³-hybridized carbons (Fsp3) is 0.500. The SMILES string of the molecule is CCOC(=O)c1sc(NC(=O)CCN)c(C(=O)OCC)c1C. The summed E-state index contributed by atoms with van der Waals surface area (Å²) in [6.45, 7) is 5.59. The molecule has 0 saturated heterocycles. The van der Waals surface area contributed by atoms with Crippen molar-refractivity contribution < 1.29 is 23.9 Å². The van der Waals surface area contributed by atoms with E-state index in [9.17, 15) is 14.4 Å². The zero-order valence-corrected chi connectivity index (χ0v) is 13.7. The highest BCUT2D eigenvalue weighted by molar-refractivity contribution is 7.18. The molecule has 7 nitrogen and oxygen atoms in total. The molecule has 0 aliphatic carbocycles. The predicted molar refractivity (Wildman–Crippen MR) is 83.3 cm³/mol. The van der Waals surface area contributed by atoms with Crippen molar-refractivity contribution in [3.8, 4) is 0 Å². The average molecular weight is 328 g/mol. The van der Waals surface area contributed by atoms with Gasteiger partial charge in [-0.1, -0.05) is 0 Å². The number of hydrogen-bond acceptors (Lipinski definition) is 7. The number of amides is 1. The third-order valence-electron chi connectivity index (χ3n) is 2.71. The van der Waals surface area contributed by atoms with Crippen LogP contribution in [0.15, 0.2) is 0 Å². The minimum Gasteiger partial charge on any atom is -0.462 e. The van der Waals surface area contributed by atoms with Crippen molar-refractivity contribution in [3.05, 3.63) is 16.0 Å². The summed E-state index contributed by atoms with van der Waals surface area (Å²) in [4.78, 5) is 36.0. The monoisotopic (exact) mass is 328 g/mol. The number of anilines is 1. The summed E-state index contributed by atoms with van der Waals surface area (Å²) in [5.41, 5.74) is 5.94. The maximum Gasteiger partial charge on any atom is 0.348 e. The van der Waals surface area contributed by atoms with E-state index in [-0.39, 0.29) is 47.5 Å². The second kappa shape index (κ2) is 8.50. The fourth-order valence-corrected chi connectivity index (χ4v) is 2.87. The fourth-order valence-electron chi connectivity index (χ4n) is 1.76. The lowest BCUT2D eigenvalue weighted by Crippen LogP contribution is -2.17. The molecule has 1 aromatic heterocycles. The van der Waals surface area contributed by atoms with E-state index in [2.05, 4.69) is 5.32 Å². The molecule has 1 heterocycles. The molecule has 0 atom stereocenters. The number of nitrogens with two attached hydrogens (primary N) is 1. The molecule has 1 amide bonds. The van der Waals surface area contributed by atoms with Gasteiger partial charge < -0.3 is 20.5 Å². The second-order valence-corrected chi connectivity index (χ2v) is 5.31. The van der Waals surface area contributed by atoms with Gasteiger partial charge >= 0.3 is 11.9 Å². The van der Waals surface area contributed by atoms with Crippen LogP contribution in [0.2, 0.25) is 0 Å². The van der Waals surface area contributed by atoms with Crippen LogP contribution >= 0.6 is 11.3 Å². The Balaban J connectivity index is 3.21. The zero-order chi connectivity index (χ0) is 16.7. The van der Waals surface area contributed by atoms with Gasteiger partial charge in [-0.2, -0.15) is 0 Å². The number of hydrogen-bond donors (Lipinski definition) is 2. The van der Waals surface area contributed by atoms with Gasteiger partial charge in [0.2, 0.25) is 5.91 Å². The molecule has 122 valence electrons. The number of rotatable bonds is 7. The number of carbonyl (C=O) groups excluding carboxylic acids is 3. The highest BCUT2D eigenvalue weighted by Gasteiger charge is 2.27. The molecule has 0 radical (unpaired) electrons. The third-order valence-corrected chi connectivity index (χ3v) is 3.90. The van der Waals surface area contributed by atoms with E-state index in [1.165, 1.54) is 0 Å². The molecule has 0 aliphatic heterocycles. The van der Waals surface area contributed by atoms with Crippen LogP contribution in [0.25, 0.3) is 0 Å². The smallest absolute Gasteiger partial charge is 0.348 e. The lowest BCUT2D eigenvalue weighted by atomic mass is 10.1. The van der Waals surface area contributed by atoms with Crippen LogP contribution in [0.1, 0.15) is 45.9 Å². The average Bonchev–Trinajstić information content (AvgIpc) is 2.76. The molecule has 22 heavy (non-hydrogen) atoms. The van der Waals surface area contributed by atoms with Crippen LogP contribution in [0.3, 0.4) is 0 Å². The van der Waals surface area contributed by atoms with Crippen molar-refractivity contribution >= 4 is 34.2 Å². The molecule has 1 rings (SSSR count). The number of thiophene rings is 1. The summed E-state index contributed by atoms with van der Waals surface area (Å²) < 4.78 is 9.94. The van der Waals surface area contributed by atoms with Crippen LogP contribution in [-0.2, 0) is 14.3 Å². The Kier molecular flexibility index (Phi) is 7.00. The van der Waals surface area contributed by atoms with Crippen molar-refractivity contribution in [2.24, 2.45) is 5.73 Å². The molecular formula is C14H20N2O5S. The van der Waals surface area contributed by atoms with Crippen molar-refractivity contribution in [2.75, 3.05) is 25.1 Å². The Labute approximate surface area is 132 Å². The van der Waals surface area contributed by atoms with Crippen molar-refractivity contribution in [1.82, 2.24) is 0 Å². The third kappa shape index (κ3) is 4.28. The first-order valence-electron chi connectivity index (χ1n) is 6.93. The molecule has 0 fully saturated rings. The first kappa shape index (κ1) is 18.1. The lowest BCUT2D eigenvalue weighted by Gasteiger charge is -2.06. The molecule has 0 aliphatic rings. The van der Waals surface area contributed by atoms with Gasteiger partial charge in [0.1, 0.15) is 9.88 Å². The van der Waals surface area contributed by atoms with Gasteiger partial charge in [0, 0.05) is 13.0 Å². The minimum absolute atomic E-state index is 0.119. The number of esters is 2. The quantitative estimate of drug-likeness (QED) is 0.738. The first-order valence-corrected chi connectivity index (χ1v) is 7.75.